The van der Waals surface area contributed by atoms with Crippen LogP contribution in [0.25, 0.3) is 0 Å². The van der Waals surface area contributed by atoms with Crippen LogP contribution in [0.2, 0.25) is 0 Å². The molecule has 0 unspecified atom stereocenters. The minimum Gasteiger partial charge on any atom is -0.300 e. The highest BCUT2D eigenvalue weighted by Gasteiger charge is 2.41. The number of fused-ring (bicyclic) bond motifs is 1. The lowest BCUT2D eigenvalue weighted by Crippen LogP contribution is -2.50. The molecule has 1 aliphatic heterocycles. The van der Waals surface area contributed by atoms with Crippen LogP contribution in [0.15, 0.2) is 53.4 Å². The maximum absolute atomic E-state index is 13.3. The zero-order valence-corrected chi connectivity index (χ0v) is 16.8. The van der Waals surface area contributed by atoms with Gasteiger partial charge in [0.05, 0.1) is 16.7 Å². The SMILES string of the molecule is CCCC[C@]1(CC)CS(=O)(=O)c2cc(C=O)ccc2[C@@H](c2ccccc2)N1. The minimum atomic E-state index is -3.52. The minimum absolute atomic E-state index is 0.0507. The molecule has 0 saturated heterocycles. The lowest BCUT2D eigenvalue weighted by molar-refractivity contribution is 0.112. The van der Waals surface area contributed by atoms with Crippen molar-refractivity contribution in [3.63, 3.8) is 0 Å². The predicted molar refractivity (Wildman–Crippen MR) is 108 cm³/mol. The van der Waals surface area contributed by atoms with Gasteiger partial charge in [-0.15, -0.1) is 0 Å². The van der Waals surface area contributed by atoms with Gasteiger partial charge in [0, 0.05) is 11.1 Å². The summed E-state index contributed by atoms with van der Waals surface area (Å²) in [5.74, 6) is 0.0507. The molecule has 0 fully saturated rings. The number of hydrogen-bond acceptors (Lipinski definition) is 4. The molecule has 144 valence electrons. The first-order valence-corrected chi connectivity index (χ1v) is 11.2. The highest BCUT2D eigenvalue weighted by Crippen LogP contribution is 2.38. The van der Waals surface area contributed by atoms with E-state index in [1.54, 1.807) is 12.1 Å². The molecule has 2 aromatic carbocycles. The summed E-state index contributed by atoms with van der Waals surface area (Å²) in [5, 5.41) is 3.71. The zero-order chi connectivity index (χ0) is 19.5. The molecule has 27 heavy (non-hydrogen) atoms. The van der Waals surface area contributed by atoms with Crippen molar-refractivity contribution in [2.45, 2.75) is 56.0 Å². The maximum atomic E-state index is 13.3. The van der Waals surface area contributed by atoms with Gasteiger partial charge in [0.1, 0.15) is 6.29 Å². The van der Waals surface area contributed by atoms with Gasteiger partial charge in [-0.25, -0.2) is 8.42 Å². The fraction of sp³-hybridized carbons (Fsp3) is 0.409. The molecule has 0 bridgehead atoms. The van der Waals surface area contributed by atoms with Crippen LogP contribution in [0.5, 0.6) is 0 Å². The molecule has 0 aromatic heterocycles. The van der Waals surface area contributed by atoms with E-state index in [-0.39, 0.29) is 16.7 Å². The van der Waals surface area contributed by atoms with Crippen LogP contribution < -0.4 is 5.32 Å². The number of carbonyl (C=O) groups excluding carboxylic acids is 1. The van der Waals surface area contributed by atoms with Crippen molar-refractivity contribution in [3.05, 3.63) is 65.2 Å². The molecule has 0 amide bonds. The number of rotatable bonds is 6. The van der Waals surface area contributed by atoms with Gasteiger partial charge in [-0.1, -0.05) is 69.2 Å². The van der Waals surface area contributed by atoms with Gasteiger partial charge in [-0.3, -0.25) is 10.1 Å². The van der Waals surface area contributed by atoms with Crippen LogP contribution in [0.4, 0.5) is 0 Å². The van der Waals surface area contributed by atoms with E-state index in [4.69, 9.17) is 0 Å². The van der Waals surface area contributed by atoms with E-state index >= 15 is 0 Å². The molecule has 0 radical (unpaired) electrons. The Labute approximate surface area is 161 Å². The van der Waals surface area contributed by atoms with Crippen LogP contribution in [-0.4, -0.2) is 26.0 Å². The normalized spacial score (nSPS) is 24.0. The molecule has 1 aliphatic rings. The van der Waals surface area contributed by atoms with Gasteiger partial charge in [0.25, 0.3) is 0 Å². The number of hydrogen-bond donors (Lipinski definition) is 1. The van der Waals surface area contributed by atoms with E-state index < -0.39 is 15.4 Å². The summed E-state index contributed by atoms with van der Waals surface area (Å²) < 4.78 is 26.6. The number of benzene rings is 2. The van der Waals surface area contributed by atoms with Gasteiger partial charge in [-0.05, 0) is 30.0 Å². The van der Waals surface area contributed by atoms with E-state index in [1.165, 1.54) is 6.07 Å². The Hall–Kier alpha value is -1.98. The lowest BCUT2D eigenvalue weighted by atomic mass is 9.88. The van der Waals surface area contributed by atoms with E-state index in [0.717, 1.165) is 36.8 Å². The monoisotopic (exact) mass is 385 g/mol. The van der Waals surface area contributed by atoms with Crippen LogP contribution in [-0.2, 0) is 9.84 Å². The van der Waals surface area contributed by atoms with E-state index in [0.29, 0.717) is 11.8 Å². The Morgan fingerprint density at radius 1 is 1.15 bits per heavy atom. The molecule has 5 heteroatoms. The molecule has 2 atom stereocenters. The summed E-state index contributed by atoms with van der Waals surface area (Å²) in [4.78, 5) is 11.5. The average Bonchev–Trinajstić information content (AvgIpc) is 2.79. The smallest absolute Gasteiger partial charge is 0.180 e. The van der Waals surface area contributed by atoms with E-state index in [9.17, 15) is 13.2 Å². The van der Waals surface area contributed by atoms with Crippen molar-refractivity contribution in [1.29, 1.82) is 0 Å². The van der Waals surface area contributed by atoms with Crippen molar-refractivity contribution in [3.8, 4) is 0 Å². The molecule has 0 saturated carbocycles. The quantitative estimate of drug-likeness (QED) is 0.753. The summed E-state index contributed by atoms with van der Waals surface area (Å²) >= 11 is 0. The van der Waals surface area contributed by atoms with Gasteiger partial charge in [-0.2, -0.15) is 0 Å². The first-order chi connectivity index (χ1) is 12.9. The van der Waals surface area contributed by atoms with Gasteiger partial charge >= 0.3 is 0 Å². The third-order valence-corrected chi connectivity index (χ3v) is 7.51. The van der Waals surface area contributed by atoms with Crippen LogP contribution in [0.3, 0.4) is 0 Å². The van der Waals surface area contributed by atoms with Gasteiger partial charge in [0.2, 0.25) is 0 Å². The van der Waals surface area contributed by atoms with Crippen molar-refractivity contribution in [2.75, 3.05) is 5.75 Å². The van der Waals surface area contributed by atoms with Crippen LogP contribution in [0.1, 0.15) is 67.1 Å². The second-order valence-corrected chi connectivity index (χ2v) is 9.36. The Morgan fingerprint density at radius 3 is 2.52 bits per heavy atom. The fourth-order valence-electron chi connectivity index (χ4n) is 3.95. The average molecular weight is 386 g/mol. The van der Waals surface area contributed by atoms with E-state index in [1.807, 2.05) is 37.3 Å². The Balaban J connectivity index is 2.22. The molecule has 2 aromatic rings. The summed E-state index contributed by atoms with van der Waals surface area (Å²) in [6.45, 7) is 4.17. The second kappa shape index (κ2) is 7.95. The topological polar surface area (TPSA) is 63.2 Å². The van der Waals surface area contributed by atoms with Crippen LogP contribution >= 0.6 is 0 Å². The van der Waals surface area contributed by atoms with Crippen molar-refractivity contribution >= 4 is 16.1 Å². The second-order valence-electron chi connectivity index (χ2n) is 7.40. The number of carbonyl (C=O) groups is 1. The summed E-state index contributed by atoms with van der Waals surface area (Å²) in [7, 11) is -3.52. The van der Waals surface area contributed by atoms with Crippen molar-refractivity contribution in [1.82, 2.24) is 5.32 Å². The highest BCUT2D eigenvalue weighted by molar-refractivity contribution is 7.91. The third-order valence-electron chi connectivity index (χ3n) is 5.56. The largest absolute Gasteiger partial charge is 0.300 e. The van der Waals surface area contributed by atoms with Crippen LogP contribution in [0, 0.1) is 0 Å². The molecule has 0 spiro atoms. The standard InChI is InChI=1S/C22H27NO3S/c1-3-5-13-22(4-2)16-27(25,26)20-14-17(15-24)11-12-19(20)21(23-22)18-9-7-6-8-10-18/h6-12,14-15,21,23H,3-5,13,16H2,1-2H3/t21-,22-/m1/s1. The summed E-state index contributed by atoms with van der Waals surface area (Å²) in [6, 6.07) is 14.7. The number of aldehydes is 1. The number of nitrogens with one attached hydrogen (secondary N) is 1. The first kappa shape index (κ1) is 19.8. The number of sulfone groups is 1. The number of unbranched alkanes of at least 4 members (excludes halogenated alkanes) is 1. The highest BCUT2D eigenvalue weighted by atomic mass is 32.2. The molecule has 3 rings (SSSR count). The first-order valence-electron chi connectivity index (χ1n) is 9.59. The van der Waals surface area contributed by atoms with Gasteiger partial charge in [0.15, 0.2) is 9.84 Å². The summed E-state index contributed by atoms with van der Waals surface area (Å²) in [6.07, 6.45) is 4.21. The van der Waals surface area contributed by atoms with Crippen molar-refractivity contribution < 1.29 is 13.2 Å². The molecule has 1 heterocycles. The Bertz CT molecular complexity index is 908. The van der Waals surface area contributed by atoms with Gasteiger partial charge < -0.3 is 0 Å². The van der Waals surface area contributed by atoms with Crippen molar-refractivity contribution in [2.24, 2.45) is 0 Å². The Morgan fingerprint density at radius 2 is 1.89 bits per heavy atom. The zero-order valence-electron chi connectivity index (χ0n) is 15.9. The third kappa shape index (κ3) is 3.99. The van der Waals surface area contributed by atoms with E-state index in [2.05, 4.69) is 12.2 Å². The maximum Gasteiger partial charge on any atom is 0.180 e. The summed E-state index contributed by atoms with van der Waals surface area (Å²) in [5.41, 5.74) is 1.65. The lowest BCUT2D eigenvalue weighted by Gasteiger charge is -2.35. The molecule has 1 N–H and O–H groups in total. The molecule has 4 nitrogen and oxygen atoms in total. The fourth-order valence-corrected chi connectivity index (χ4v) is 6.12. The predicted octanol–water partition coefficient (Wildman–Crippen LogP) is 4.30. The molecular formula is C22H27NO3S. The molecule has 0 aliphatic carbocycles. The molecular weight excluding hydrogens is 358 g/mol. The Kier molecular flexibility index (Phi) is 5.82.